The van der Waals surface area contributed by atoms with E-state index in [0.29, 0.717) is 32.0 Å². The van der Waals surface area contributed by atoms with Crippen LogP contribution in [-0.4, -0.2) is 52.8 Å². The van der Waals surface area contributed by atoms with E-state index in [-0.39, 0.29) is 5.78 Å². The third-order valence-corrected chi connectivity index (χ3v) is 5.95. The molecule has 1 aromatic carbocycles. The molecule has 0 radical (unpaired) electrons. The molecule has 2 aliphatic carbocycles. The third kappa shape index (κ3) is 3.97. The Hall–Kier alpha value is -2.90. The zero-order valence-electron chi connectivity index (χ0n) is 16.1. The van der Waals surface area contributed by atoms with Crippen LogP contribution in [0, 0.1) is 11.3 Å². The molecule has 4 rings (SSSR count). The van der Waals surface area contributed by atoms with E-state index in [1.165, 1.54) is 0 Å². The number of hydrogen-bond donors (Lipinski definition) is 2. The predicted molar refractivity (Wildman–Crippen MR) is 101 cm³/mol. The monoisotopic (exact) mass is 400 g/mol. The van der Waals surface area contributed by atoms with Gasteiger partial charge < -0.3 is 20.1 Å². The van der Waals surface area contributed by atoms with Crippen LogP contribution in [0.4, 0.5) is 0 Å². The first-order chi connectivity index (χ1) is 13.9. The van der Waals surface area contributed by atoms with Crippen molar-refractivity contribution in [3.8, 4) is 5.75 Å². The number of ether oxygens (including phenoxy) is 1. The van der Waals surface area contributed by atoms with E-state index in [1.807, 2.05) is 24.3 Å². The van der Waals surface area contributed by atoms with Crippen molar-refractivity contribution < 1.29 is 29.0 Å². The fourth-order valence-electron chi connectivity index (χ4n) is 4.03. The summed E-state index contributed by atoms with van der Waals surface area (Å²) in [5.41, 5.74) is 0.198. The molecule has 8 nitrogen and oxygen atoms in total. The van der Waals surface area contributed by atoms with Crippen LogP contribution in [0.2, 0.25) is 0 Å². The van der Waals surface area contributed by atoms with Gasteiger partial charge in [0.1, 0.15) is 12.3 Å². The maximum absolute atomic E-state index is 12.9. The summed E-state index contributed by atoms with van der Waals surface area (Å²) < 4.78 is 5.73. The van der Waals surface area contributed by atoms with E-state index in [4.69, 9.17) is 9.84 Å². The maximum Gasteiger partial charge on any atom is 0.322 e. The number of carboxylic acid groups (broad SMARTS) is 1. The lowest BCUT2D eigenvalue weighted by atomic mass is 9.61. The van der Waals surface area contributed by atoms with Gasteiger partial charge in [-0.2, -0.15) is 0 Å². The molecule has 1 spiro atoms. The van der Waals surface area contributed by atoms with Crippen LogP contribution in [0.3, 0.4) is 0 Å². The average molecular weight is 400 g/mol. The second kappa shape index (κ2) is 7.50. The van der Waals surface area contributed by atoms with Gasteiger partial charge in [-0.15, -0.1) is 0 Å². The van der Waals surface area contributed by atoms with Gasteiger partial charge in [-0.1, -0.05) is 18.6 Å². The van der Waals surface area contributed by atoms with Crippen molar-refractivity contribution in [1.29, 1.82) is 0 Å². The Morgan fingerprint density at radius 3 is 2.41 bits per heavy atom. The first kappa shape index (κ1) is 19.4. The number of carbonyl (C=O) groups excluding carboxylic acids is 3. The lowest BCUT2D eigenvalue weighted by Crippen LogP contribution is -2.62. The second-order valence-electron chi connectivity index (χ2n) is 8.20. The number of rotatable bonds is 7. The van der Waals surface area contributed by atoms with Gasteiger partial charge in [0.05, 0.1) is 6.10 Å². The number of likely N-dealkylation sites (tertiary alicyclic amines) is 1. The smallest absolute Gasteiger partial charge is 0.322 e. The van der Waals surface area contributed by atoms with Crippen molar-refractivity contribution >= 4 is 23.6 Å². The van der Waals surface area contributed by atoms with E-state index in [0.717, 1.165) is 30.6 Å². The minimum Gasteiger partial charge on any atom is -0.490 e. The van der Waals surface area contributed by atoms with Gasteiger partial charge in [0.2, 0.25) is 11.8 Å². The van der Waals surface area contributed by atoms with Gasteiger partial charge in [-0.3, -0.25) is 19.2 Å². The summed E-state index contributed by atoms with van der Waals surface area (Å²) in [6, 6.07) is 7.50. The summed E-state index contributed by atoms with van der Waals surface area (Å²) in [5, 5.41) is 11.0. The van der Waals surface area contributed by atoms with Crippen LogP contribution in [0.15, 0.2) is 24.3 Å². The molecule has 2 saturated carbocycles. The van der Waals surface area contributed by atoms with Gasteiger partial charge >= 0.3 is 5.97 Å². The summed E-state index contributed by atoms with van der Waals surface area (Å²) >= 11 is 0. The van der Waals surface area contributed by atoms with Crippen LogP contribution in [0.25, 0.3) is 0 Å². The average Bonchev–Trinajstić information content (AvgIpc) is 3.46. The van der Waals surface area contributed by atoms with Gasteiger partial charge in [0.15, 0.2) is 11.7 Å². The summed E-state index contributed by atoms with van der Waals surface area (Å²) in [4.78, 5) is 50.6. The largest absolute Gasteiger partial charge is 0.490 e. The highest BCUT2D eigenvalue weighted by Gasteiger charge is 2.56. The summed E-state index contributed by atoms with van der Waals surface area (Å²) in [5.74, 6) is -3.67. The summed E-state index contributed by atoms with van der Waals surface area (Å²) in [6.07, 6.45) is 4.62. The van der Waals surface area contributed by atoms with Gasteiger partial charge in [0.25, 0.3) is 0 Å². The Kier molecular flexibility index (Phi) is 5.02. The Morgan fingerprint density at radius 2 is 1.86 bits per heavy atom. The van der Waals surface area contributed by atoms with E-state index >= 15 is 0 Å². The number of carboxylic acids is 1. The molecule has 0 bridgehead atoms. The Labute approximate surface area is 168 Å². The Balaban J connectivity index is 1.49. The van der Waals surface area contributed by atoms with Crippen molar-refractivity contribution in [2.24, 2.45) is 11.3 Å². The fraction of sp³-hybridized carbons (Fsp3) is 0.524. The predicted octanol–water partition coefficient (Wildman–Crippen LogP) is 1.13. The van der Waals surface area contributed by atoms with Crippen molar-refractivity contribution in [3.05, 3.63) is 29.8 Å². The number of benzene rings is 1. The van der Waals surface area contributed by atoms with Crippen LogP contribution < -0.4 is 10.1 Å². The number of ketones is 1. The molecule has 2 N–H and O–H groups in total. The molecule has 29 heavy (non-hydrogen) atoms. The van der Waals surface area contributed by atoms with Crippen LogP contribution >= 0.6 is 0 Å². The molecule has 1 unspecified atom stereocenters. The van der Waals surface area contributed by atoms with Crippen LogP contribution in [0.5, 0.6) is 5.75 Å². The second-order valence-corrected chi connectivity index (χ2v) is 8.20. The minimum atomic E-state index is -1.47. The SMILES string of the molecule is O=C(O)CNC(=O)C1C(=O)N(Cc2ccc(OC3CC3)cc2)CC2(CCC2)C1=O. The number of nitrogens with zero attached hydrogens (tertiary/aromatic N) is 1. The van der Waals surface area contributed by atoms with Crippen molar-refractivity contribution in [2.75, 3.05) is 13.1 Å². The molecule has 2 amide bonds. The minimum absolute atomic E-state index is 0.292. The first-order valence-corrected chi connectivity index (χ1v) is 9.96. The van der Waals surface area contributed by atoms with Gasteiger partial charge in [-0.25, -0.2) is 0 Å². The number of amides is 2. The first-order valence-electron chi connectivity index (χ1n) is 9.96. The van der Waals surface area contributed by atoms with Crippen molar-refractivity contribution in [3.63, 3.8) is 0 Å². The Bertz CT molecular complexity index is 841. The molecule has 3 fully saturated rings. The molecule has 0 aromatic heterocycles. The molecule has 1 saturated heterocycles. The maximum atomic E-state index is 12.9. The zero-order valence-corrected chi connectivity index (χ0v) is 16.1. The van der Waals surface area contributed by atoms with Gasteiger partial charge in [0, 0.05) is 18.5 Å². The number of Topliss-reactive ketones (excluding diaryl/α,β-unsaturated/α-hetero) is 1. The van der Waals surface area contributed by atoms with Crippen LogP contribution in [0.1, 0.15) is 37.7 Å². The fourth-order valence-corrected chi connectivity index (χ4v) is 4.03. The molecule has 1 aromatic rings. The van der Waals surface area contributed by atoms with Crippen LogP contribution in [-0.2, 0) is 25.7 Å². The summed E-state index contributed by atoms with van der Waals surface area (Å²) in [7, 11) is 0. The van der Waals surface area contributed by atoms with Crippen molar-refractivity contribution in [1.82, 2.24) is 10.2 Å². The number of hydrogen-bond acceptors (Lipinski definition) is 5. The molecule has 3 aliphatic rings. The topological polar surface area (TPSA) is 113 Å². The highest BCUT2D eigenvalue weighted by molar-refractivity contribution is 6.21. The summed E-state index contributed by atoms with van der Waals surface area (Å²) in [6.45, 7) is -0.0284. The standard InChI is InChI=1S/C21H24N2O6/c24-16(25)10-22-19(27)17-18(26)21(8-1-9-21)12-23(20(17)28)11-13-2-4-14(5-3-13)29-15-6-7-15/h2-5,15,17H,1,6-12H2,(H,22,27)(H,24,25). The zero-order chi connectivity index (χ0) is 20.6. The molecular weight excluding hydrogens is 376 g/mol. The number of carbonyl (C=O) groups is 4. The van der Waals surface area contributed by atoms with E-state index in [9.17, 15) is 19.2 Å². The lowest BCUT2D eigenvalue weighted by molar-refractivity contribution is -0.164. The highest BCUT2D eigenvalue weighted by atomic mass is 16.5. The van der Waals surface area contributed by atoms with E-state index in [1.54, 1.807) is 4.90 Å². The number of piperidine rings is 1. The lowest BCUT2D eigenvalue weighted by Gasteiger charge is -2.49. The normalized spacial score (nSPS) is 22.9. The van der Waals surface area contributed by atoms with E-state index < -0.39 is 35.7 Å². The van der Waals surface area contributed by atoms with Gasteiger partial charge in [-0.05, 0) is 43.4 Å². The molecule has 1 aliphatic heterocycles. The number of aliphatic carboxylic acids is 1. The highest BCUT2D eigenvalue weighted by Crippen LogP contribution is 2.47. The van der Waals surface area contributed by atoms with E-state index in [2.05, 4.69) is 5.32 Å². The molecule has 154 valence electrons. The molecule has 8 heteroatoms. The molecular formula is C21H24N2O6. The molecule has 1 atom stereocenters. The number of nitrogens with one attached hydrogen (secondary N) is 1. The molecule has 1 heterocycles. The van der Waals surface area contributed by atoms with Crippen molar-refractivity contribution in [2.45, 2.75) is 44.8 Å². The quantitative estimate of drug-likeness (QED) is 0.664. The Morgan fingerprint density at radius 1 is 1.17 bits per heavy atom. The third-order valence-electron chi connectivity index (χ3n) is 5.95.